The molecule has 138 valence electrons. The number of ether oxygens (including phenoxy) is 2. The first kappa shape index (κ1) is 19.6. The van der Waals surface area contributed by atoms with Crippen molar-refractivity contribution in [1.82, 2.24) is 10.6 Å². The van der Waals surface area contributed by atoms with Crippen LogP contribution < -0.4 is 20.1 Å². The molecule has 26 heavy (non-hydrogen) atoms. The number of hydrogen-bond acceptors (Lipinski definition) is 4. The molecule has 6 nitrogen and oxygen atoms in total. The van der Waals surface area contributed by atoms with E-state index >= 15 is 0 Å². The maximum Gasteiger partial charge on any atom is 0.252 e. The van der Waals surface area contributed by atoms with Gasteiger partial charge in [-0.05, 0) is 29.8 Å². The minimum absolute atomic E-state index is 0.167. The molecule has 0 saturated carbocycles. The van der Waals surface area contributed by atoms with Gasteiger partial charge < -0.3 is 20.1 Å². The van der Waals surface area contributed by atoms with Gasteiger partial charge >= 0.3 is 0 Å². The highest BCUT2D eigenvalue weighted by molar-refractivity contribution is 6.33. The average molecular weight is 377 g/mol. The highest BCUT2D eigenvalue weighted by Crippen LogP contribution is 2.27. The molecule has 2 aromatic rings. The number of amides is 2. The molecule has 0 aliphatic rings. The molecule has 0 fully saturated rings. The lowest BCUT2D eigenvalue weighted by Crippen LogP contribution is -2.30. The number of halogens is 1. The van der Waals surface area contributed by atoms with Crippen LogP contribution in [0.1, 0.15) is 22.3 Å². The van der Waals surface area contributed by atoms with E-state index in [0.29, 0.717) is 28.6 Å². The summed E-state index contributed by atoms with van der Waals surface area (Å²) in [5, 5.41) is 5.86. The number of rotatable bonds is 8. The van der Waals surface area contributed by atoms with Crippen LogP contribution in [0.4, 0.5) is 0 Å². The fourth-order valence-electron chi connectivity index (χ4n) is 2.31. The Bertz CT molecular complexity index is 780. The molecular weight excluding hydrogens is 356 g/mol. The molecule has 0 aliphatic heterocycles. The van der Waals surface area contributed by atoms with Crippen molar-refractivity contribution in [1.29, 1.82) is 0 Å². The molecule has 0 unspecified atom stereocenters. The summed E-state index contributed by atoms with van der Waals surface area (Å²) in [6.45, 7) is 0.583. The Morgan fingerprint density at radius 3 is 2.42 bits per heavy atom. The lowest BCUT2D eigenvalue weighted by atomic mass is 10.2. The summed E-state index contributed by atoms with van der Waals surface area (Å²) in [7, 11) is 3.12. The fourth-order valence-corrected chi connectivity index (χ4v) is 2.53. The van der Waals surface area contributed by atoms with Gasteiger partial charge in [-0.15, -0.1) is 0 Å². The quantitative estimate of drug-likeness (QED) is 0.742. The zero-order valence-electron chi connectivity index (χ0n) is 14.7. The molecule has 0 radical (unpaired) electrons. The predicted molar refractivity (Wildman–Crippen MR) is 99.8 cm³/mol. The van der Waals surface area contributed by atoms with Gasteiger partial charge in [-0.3, -0.25) is 9.59 Å². The van der Waals surface area contributed by atoms with Gasteiger partial charge in [0.05, 0.1) is 24.8 Å². The van der Waals surface area contributed by atoms with Crippen LogP contribution in [0.15, 0.2) is 42.5 Å². The highest BCUT2D eigenvalue weighted by atomic mass is 35.5. The van der Waals surface area contributed by atoms with Crippen LogP contribution >= 0.6 is 11.6 Å². The molecule has 7 heteroatoms. The van der Waals surface area contributed by atoms with Gasteiger partial charge in [0.25, 0.3) is 5.91 Å². The highest BCUT2D eigenvalue weighted by Gasteiger charge is 2.10. The summed E-state index contributed by atoms with van der Waals surface area (Å²) in [5.74, 6) is 0.763. The van der Waals surface area contributed by atoms with E-state index in [1.165, 1.54) is 0 Å². The summed E-state index contributed by atoms with van der Waals surface area (Å²) in [5.41, 5.74) is 1.27. The average Bonchev–Trinajstić information content (AvgIpc) is 2.66. The fraction of sp³-hybridized carbons (Fsp3) is 0.263. The second kappa shape index (κ2) is 9.68. The number of benzene rings is 2. The third-order valence-corrected chi connectivity index (χ3v) is 4.02. The summed E-state index contributed by atoms with van der Waals surface area (Å²) < 4.78 is 10.4. The maximum absolute atomic E-state index is 12.0. The molecule has 0 aliphatic carbocycles. The van der Waals surface area contributed by atoms with Crippen molar-refractivity contribution in [3.8, 4) is 11.5 Å². The number of methoxy groups -OCH3 is 2. The largest absolute Gasteiger partial charge is 0.493 e. The molecule has 0 bridgehead atoms. The molecule has 0 atom stereocenters. The molecule has 2 rings (SSSR count). The van der Waals surface area contributed by atoms with Crippen LogP contribution in [-0.4, -0.2) is 32.6 Å². The first-order valence-electron chi connectivity index (χ1n) is 8.05. The SMILES string of the molecule is COc1ccc(CNC(=O)CCNC(=O)c2ccccc2Cl)cc1OC. The first-order valence-corrected chi connectivity index (χ1v) is 8.43. The summed E-state index contributed by atoms with van der Waals surface area (Å²) >= 11 is 5.97. The van der Waals surface area contributed by atoms with Gasteiger partial charge in [-0.1, -0.05) is 29.8 Å². The standard InChI is InChI=1S/C19H21ClN2O4/c1-25-16-8-7-13(11-17(16)26-2)12-22-18(23)9-10-21-19(24)14-5-3-4-6-15(14)20/h3-8,11H,9-10,12H2,1-2H3,(H,21,24)(H,22,23). The van der Waals surface area contributed by atoms with E-state index in [1.54, 1.807) is 50.6 Å². The smallest absolute Gasteiger partial charge is 0.252 e. The van der Waals surface area contributed by atoms with Crippen LogP contribution in [0.3, 0.4) is 0 Å². The van der Waals surface area contributed by atoms with Crippen LogP contribution in [0.25, 0.3) is 0 Å². The summed E-state index contributed by atoms with van der Waals surface area (Å²) in [6, 6.07) is 12.2. The van der Waals surface area contributed by atoms with Crippen molar-refractivity contribution >= 4 is 23.4 Å². The third kappa shape index (κ3) is 5.39. The zero-order valence-corrected chi connectivity index (χ0v) is 15.4. The number of hydrogen-bond donors (Lipinski definition) is 2. The second-order valence-electron chi connectivity index (χ2n) is 5.45. The molecule has 2 amide bonds. The molecule has 0 heterocycles. The summed E-state index contributed by atoms with van der Waals surface area (Å²) in [4.78, 5) is 23.9. The number of nitrogens with one attached hydrogen (secondary N) is 2. The molecule has 0 spiro atoms. The number of carbonyl (C=O) groups excluding carboxylic acids is 2. The van der Waals surface area contributed by atoms with E-state index in [-0.39, 0.29) is 24.8 Å². The monoisotopic (exact) mass is 376 g/mol. The topological polar surface area (TPSA) is 76.7 Å². The van der Waals surface area contributed by atoms with Crippen LogP contribution in [-0.2, 0) is 11.3 Å². The van der Waals surface area contributed by atoms with E-state index in [0.717, 1.165) is 5.56 Å². The van der Waals surface area contributed by atoms with Crippen molar-refractivity contribution in [3.05, 3.63) is 58.6 Å². The lowest BCUT2D eigenvalue weighted by Gasteiger charge is -2.11. The van der Waals surface area contributed by atoms with E-state index in [1.807, 2.05) is 6.07 Å². The maximum atomic E-state index is 12.0. The molecule has 0 saturated heterocycles. The normalized spacial score (nSPS) is 10.1. The van der Waals surface area contributed by atoms with E-state index < -0.39 is 0 Å². The van der Waals surface area contributed by atoms with Crippen molar-refractivity contribution in [3.63, 3.8) is 0 Å². The third-order valence-electron chi connectivity index (χ3n) is 3.69. The van der Waals surface area contributed by atoms with Gasteiger partial charge in [0.1, 0.15) is 0 Å². The molecule has 2 aromatic carbocycles. The van der Waals surface area contributed by atoms with Gasteiger partial charge in [-0.2, -0.15) is 0 Å². The van der Waals surface area contributed by atoms with E-state index in [9.17, 15) is 9.59 Å². The Morgan fingerprint density at radius 2 is 1.73 bits per heavy atom. The van der Waals surface area contributed by atoms with E-state index in [2.05, 4.69) is 10.6 Å². The van der Waals surface area contributed by atoms with Gasteiger partial charge in [0.15, 0.2) is 11.5 Å². The first-order chi connectivity index (χ1) is 12.5. The van der Waals surface area contributed by atoms with Crippen molar-refractivity contribution < 1.29 is 19.1 Å². The van der Waals surface area contributed by atoms with Crippen molar-refractivity contribution in [2.24, 2.45) is 0 Å². The Morgan fingerprint density at radius 1 is 1.00 bits per heavy atom. The predicted octanol–water partition coefficient (Wildman–Crippen LogP) is 2.79. The Kier molecular flexibility index (Phi) is 7.29. The Labute approximate surface area is 157 Å². The zero-order chi connectivity index (χ0) is 18.9. The Hall–Kier alpha value is -2.73. The number of carbonyl (C=O) groups is 2. The minimum atomic E-state index is -0.303. The lowest BCUT2D eigenvalue weighted by molar-refractivity contribution is -0.121. The summed E-state index contributed by atoms with van der Waals surface area (Å²) in [6.07, 6.45) is 0.170. The molecule has 2 N–H and O–H groups in total. The van der Waals surface area contributed by atoms with Crippen LogP contribution in [0, 0.1) is 0 Å². The van der Waals surface area contributed by atoms with Crippen LogP contribution in [0.5, 0.6) is 11.5 Å². The van der Waals surface area contributed by atoms with Gasteiger partial charge in [0, 0.05) is 19.5 Å². The molecular formula is C19H21ClN2O4. The van der Waals surface area contributed by atoms with Crippen molar-refractivity contribution in [2.75, 3.05) is 20.8 Å². The Balaban J connectivity index is 1.77. The van der Waals surface area contributed by atoms with Crippen LogP contribution in [0.2, 0.25) is 5.02 Å². The van der Waals surface area contributed by atoms with E-state index in [4.69, 9.17) is 21.1 Å². The van der Waals surface area contributed by atoms with Gasteiger partial charge in [0.2, 0.25) is 5.91 Å². The van der Waals surface area contributed by atoms with Crippen molar-refractivity contribution in [2.45, 2.75) is 13.0 Å². The van der Waals surface area contributed by atoms with Gasteiger partial charge in [-0.25, -0.2) is 0 Å². The molecule has 0 aromatic heterocycles. The minimum Gasteiger partial charge on any atom is -0.493 e. The second-order valence-corrected chi connectivity index (χ2v) is 5.86.